The molecule has 0 aliphatic carbocycles. The van der Waals surface area contributed by atoms with Crippen LogP contribution in [0.2, 0.25) is 0 Å². The zero-order chi connectivity index (χ0) is 19.7. The molecule has 2 aromatic heterocycles. The molecule has 0 saturated heterocycles. The number of benzene rings is 1. The first-order chi connectivity index (χ1) is 12.8. The fourth-order valence-corrected chi connectivity index (χ4v) is 3.64. The molecule has 3 aromatic rings. The Morgan fingerprint density at radius 2 is 1.74 bits per heavy atom. The maximum atomic E-state index is 12.4. The van der Waals surface area contributed by atoms with Gasteiger partial charge in [-0.3, -0.25) is 4.40 Å². The van der Waals surface area contributed by atoms with E-state index in [-0.39, 0.29) is 5.97 Å². The molecule has 0 fully saturated rings. The lowest BCUT2D eigenvalue weighted by atomic mass is 10.00. The third-order valence-electron chi connectivity index (χ3n) is 4.80. The van der Waals surface area contributed by atoms with Crippen LogP contribution in [0.3, 0.4) is 0 Å². The van der Waals surface area contributed by atoms with Crippen LogP contribution in [-0.4, -0.2) is 22.0 Å². The molecule has 0 aliphatic heterocycles. The van der Waals surface area contributed by atoms with E-state index in [4.69, 9.17) is 4.74 Å². The van der Waals surface area contributed by atoms with Gasteiger partial charge >= 0.3 is 5.97 Å². The number of aryl methyl sites for hydroxylation is 5. The summed E-state index contributed by atoms with van der Waals surface area (Å²) < 4.78 is 7.04. The maximum absolute atomic E-state index is 12.4. The van der Waals surface area contributed by atoms with Gasteiger partial charge in [-0.1, -0.05) is 17.7 Å². The summed E-state index contributed by atoms with van der Waals surface area (Å²) >= 11 is 0. The number of esters is 1. The number of anilines is 1. The van der Waals surface area contributed by atoms with E-state index < -0.39 is 0 Å². The molecule has 1 N–H and O–H groups in total. The van der Waals surface area contributed by atoms with Crippen molar-refractivity contribution >= 4 is 17.3 Å². The van der Waals surface area contributed by atoms with Crippen LogP contribution in [0.1, 0.15) is 50.9 Å². The summed E-state index contributed by atoms with van der Waals surface area (Å²) in [7, 11) is 0. The Balaban J connectivity index is 2.01. The Hall–Kier alpha value is -2.82. The molecule has 3 rings (SSSR count). The number of imidazole rings is 1. The zero-order valence-electron chi connectivity index (χ0n) is 16.9. The minimum absolute atomic E-state index is 0.342. The summed E-state index contributed by atoms with van der Waals surface area (Å²) in [5.41, 5.74) is 8.96. The highest BCUT2D eigenvalue weighted by atomic mass is 16.5. The molecule has 27 heavy (non-hydrogen) atoms. The quantitative estimate of drug-likeness (QED) is 0.668. The van der Waals surface area contributed by atoms with E-state index in [0.717, 1.165) is 16.9 Å². The number of nitrogens with zero attached hydrogens (tertiary/aromatic N) is 2. The summed E-state index contributed by atoms with van der Waals surface area (Å²) in [6, 6.07) is 6.47. The van der Waals surface area contributed by atoms with E-state index in [2.05, 4.69) is 49.3 Å². The lowest BCUT2D eigenvalue weighted by molar-refractivity contribution is 0.0517. The SMILES string of the molecule is CCOC(=O)c1c(C)nc2c(NCc3c(C)cc(C)cc3C)cc(C)cn12. The van der Waals surface area contributed by atoms with Crippen LogP contribution in [0.25, 0.3) is 5.65 Å². The van der Waals surface area contributed by atoms with Crippen molar-refractivity contribution in [2.45, 2.75) is 48.1 Å². The van der Waals surface area contributed by atoms with Crippen LogP contribution in [0.5, 0.6) is 0 Å². The predicted octanol–water partition coefficient (Wildman–Crippen LogP) is 4.67. The number of carbonyl (C=O) groups excluding carboxylic acids is 1. The van der Waals surface area contributed by atoms with Crippen molar-refractivity contribution in [1.82, 2.24) is 9.38 Å². The molecule has 0 aliphatic rings. The number of ether oxygens (including phenoxy) is 1. The Bertz CT molecular complexity index is 995. The van der Waals surface area contributed by atoms with Crippen molar-refractivity contribution < 1.29 is 9.53 Å². The van der Waals surface area contributed by atoms with Crippen molar-refractivity contribution in [3.8, 4) is 0 Å². The molecule has 5 nitrogen and oxygen atoms in total. The minimum Gasteiger partial charge on any atom is -0.461 e. The summed E-state index contributed by atoms with van der Waals surface area (Å²) in [6.07, 6.45) is 1.93. The number of rotatable bonds is 5. The number of carbonyl (C=O) groups is 1. The van der Waals surface area contributed by atoms with Gasteiger partial charge in [0.05, 0.1) is 18.0 Å². The number of pyridine rings is 1. The third kappa shape index (κ3) is 3.68. The number of aromatic nitrogens is 2. The fourth-order valence-electron chi connectivity index (χ4n) is 3.64. The van der Waals surface area contributed by atoms with Crippen molar-refractivity contribution in [2.75, 3.05) is 11.9 Å². The van der Waals surface area contributed by atoms with Gasteiger partial charge in [0.25, 0.3) is 0 Å². The second kappa shape index (κ2) is 7.43. The molecular formula is C22H27N3O2. The van der Waals surface area contributed by atoms with Crippen LogP contribution in [0, 0.1) is 34.6 Å². The highest BCUT2D eigenvalue weighted by Crippen LogP contribution is 2.24. The van der Waals surface area contributed by atoms with Gasteiger partial charge in [0.1, 0.15) is 0 Å². The van der Waals surface area contributed by atoms with Crippen molar-refractivity contribution in [1.29, 1.82) is 0 Å². The van der Waals surface area contributed by atoms with Crippen molar-refractivity contribution in [3.63, 3.8) is 0 Å². The Morgan fingerprint density at radius 3 is 2.37 bits per heavy atom. The predicted molar refractivity (Wildman–Crippen MR) is 109 cm³/mol. The number of hydrogen-bond donors (Lipinski definition) is 1. The van der Waals surface area contributed by atoms with Crippen molar-refractivity contribution in [3.05, 3.63) is 63.6 Å². The average molecular weight is 365 g/mol. The minimum atomic E-state index is -0.343. The molecule has 0 atom stereocenters. The lowest BCUT2D eigenvalue weighted by Gasteiger charge is -2.14. The Morgan fingerprint density at radius 1 is 1.07 bits per heavy atom. The molecule has 5 heteroatoms. The van der Waals surface area contributed by atoms with E-state index in [0.29, 0.717) is 24.5 Å². The molecule has 0 saturated carbocycles. The standard InChI is InChI=1S/C22H27N3O2/c1-7-27-22(26)20-17(6)24-21-19(10-14(3)12-25(20)21)23-11-18-15(4)8-13(2)9-16(18)5/h8-10,12,23H,7,11H2,1-6H3. The number of fused-ring (bicyclic) bond motifs is 1. The first-order valence-corrected chi connectivity index (χ1v) is 9.28. The van der Waals surface area contributed by atoms with E-state index in [9.17, 15) is 4.79 Å². The second-order valence-electron chi connectivity index (χ2n) is 7.12. The van der Waals surface area contributed by atoms with Crippen molar-refractivity contribution in [2.24, 2.45) is 0 Å². The maximum Gasteiger partial charge on any atom is 0.357 e. The molecule has 0 bridgehead atoms. The molecule has 0 amide bonds. The Labute approximate surface area is 160 Å². The van der Waals surface area contributed by atoms with Crippen LogP contribution in [0.15, 0.2) is 24.4 Å². The fraction of sp³-hybridized carbons (Fsp3) is 0.364. The van der Waals surface area contributed by atoms with Crippen LogP contribution < -0.4 is 5.32 Å². The molecule has 2 heterocycles. The smallest absolute Gasteiger partial charge is 0.357 e. The van der Waals surface area contributed by atoms with Crippen LogP contribution in [-0.2, 0) is 11.3 Å². The van der Waals surface area contributed by atoms with Gasteiger partial charge in [-0.25, -0.2) is 9.78 Å². The first-order valence-electron chi connectivity index (χ1n) is 9.28. The van der Waals surface area contributed by atoms with E-state index in [1.54, 1.807) is 6.92 Å². The van der Waals surface area contributed by atoms with Gasteiger partial charge in [0, 0.05) is 12.7 Å². The summed E-state index contributed by atoms with van der Waals surface area (Å²) in [4.78, 5) is 17.0. The van der Waals surface area contributed by atoms with E-state index in [1.165, 1.54) is 22.3 Å². The Kier molecular flexibility index (Phi) is 5.22. The molecule has 142 valence electrons. The average Bonchev–Trinajstić information content (AvgIpc) is 2.89. The van der Waals surface area contributed by atoms with Gasteiger partial charge in [-0.15, -0.1) is 0 Å². The third-order valence-corrected chi connectivity index (χ3v) is 4.80. The monoisotopic (exact) mass is 365 g/mol. The topological polar surface area (TPSA) is 55.6 Å². The molecule has 0 unspecified atom stereocenters. The van der Waals surface area contributed by atoms with Crippen LogP contribution in [0.4, 0.5) is 5.69 Å². The largest absolute Gasteiger partial charge is 0.461 e. The van der Waals surface area contributed by atoms with Gasteiger partial charge in [0.2, 0.25) is 0 Å². The van der Waals surface area contributed by atoms with Gasteiger partial charge in [-0.2, -0.15) is 0 Å². The molecular weight excluding hydrogens is 338 g/mol. The van der Waals surface area contributed by atoms with Gasteiger partial charge in [0.15, 0.2) is 11.3 Å². The van der Waals surface area contributed by atoms with E-state index in [1.807, 2.05) is 24.4 Å². The van der Waals surface area contributed by atoms with Crippen LogP contribution >= 0.6 is 0 Å². The number of nitrogens with one attached hydrogen (secondary N) is 1. The van der Waals surface area contributed by atoms with E-state index >= 15 is 0 Å². The summed E-state index contributed by atoms with van der Waals surface area (Å²) in [5, 5.41) is 3.52. The highest BCUT2D eigenvalue weighted by Gasteiger charge is 2.20. The lowest BCUT2D eigenvalue weighted by Crippen LogP contribution is -2.10. The first kappa shape index (κ1) is 19.0. The summed E-state index contributed by atoms with van der Waals surface area (Å²) in [6.45, 7) is 13.1. The van der Waals surface area contributed by atoms with Gasteiger partial charge in [-0.05, 0) is 69.9 Å². The molecule has 0 spiro atoms. The molecule has 0 radical (unpaired) electrons. The normalized spacial score (nSPS) is 11.0. The zero-order valence-corrected chi connectivity index (χ0v) is 16.9. The number of hydrogen-bond acceptors (Lipinski definition) is 4. The second-order valence-corrected chi connectivity index (χ2v) is 7.12. The highest BCUT2D eigenvalue weighted by molar-refractivity contribution is 5.91. The molecule has 1 aromatic carbocycles. The summed E-state index contributed by atoms with van der Waals surface area (Å²) in [5.74, 6) is -0.343. The van der Waals surface area contributed by atoms with Gasteiger partial charge < -0.3 is 10.1 Å².